The van der Waals surface area contributed by atoms with Crippen LogP contribution in [0.5, 0.6) is 11.5 Å². The topological polar surface area (TPSA) is 30.5 Å². The molecule has 0 aromatic heterocycles. The smallest absolute Gasteiger partial charge is 0.165 e. The van der Waals surface area contributed by atoms with Crippen molar-refractivity contribution in [3.05, 3.63) is 23.8 Å². The molecular weight excluding hydrogens is 282 g/mol. The lowest BCUT2D eigenvalue weighted by molar-refractivity contribution is 0.291. The van der Waals surface area contributed by atoms with Crippen LogP contribution >= 0.6 is 11.8 Å². The van der Waals surface area contributed by atoms with E-state index in [1.165, 1.54) is 5.75 Å². The molecule has 0 bridgehead atoms. The molecule has 0 spiro atoms. The molecule has 0 saturated heterocycles. The summed E-state index contributed by atoms with van der Waals surface area (Å²) in [6.45, 7) is 9.16. The summed E-state index contributed by atoms with van der Waals surface area (Å²) >= 11 is 1.95. The van der Waals surface area contributed by atoms with Gasteiger partial charge in [0.2, 0.25) is 0 Å². The number of methoxy groups -OCH3 is 1. The maximum atomic E-state index is 5.98. The van der Waals surface area contributed by atoms with Gasteiger partial charge >= 0.3 is 0 Å². The Balaban J connectivity index is 2.59. The molecule has 0 atom stereocenters. The Morgan fingerprint density at radius 3 is 2.76 bits per heavy atom. The van der Waals surface area contributed by atoms with Crippen molar-refractivity contribution in [3.63, 3.8) is 0 Å². The second-order valence-electron chi connectivity index (χ2n) is 5.37. The zero-order chi connectivity index (χ0) is 15.5. The van der Waals surface area contributed by atoms with Crippen LogP contribution in [-0.2, 0) is 6.54 Å². The van der Waals surface area contributed by atoms with Crippen molar-refractivity contribution in [1.29, 1.82) is 0 Å². The monoisotopic (exact) mass is 311 g/mol. The third-order valence-electron chi connectivity index (χ3n) is 3.03. The van der Waals surface area contributed by atoms with Gasteiger partial charge in [0.15, 0.2) is 11.5 Å². The fourth-order valence-electron chi connectivity index (χ4n) is 2.00. The van der Waals surface area contributed by atoms with Crippen molar-refractivity contribution in [3.8, 4) is 11.5 Å². The molecule has 0 heterocycles. The van der Waals surface area contributed by atoms with Gasteiger partial charge in [-0.2, -0.15) is 11.8 Å². The normalized spacial score (nSPS) is 10.9. The van der Waals surface area contributed by atoms with Gasteiger partial charge in [-0.05, 0) is 36.5 Å². The van der Waals surface area contributed by atoms with E-state index in [9.17, 15) is 0 Å². The standard InChI is InChI=1S/C17H29NO2S/c1-5-21-11-7-10-20-17-15(13-18-12-14(2)3)8-6-9-16(17)19-4/h6,8-9,14,18H,5,7,10-13H2,1-4H3. The SMILES string of the molecule is CCSCCCOc1c(CNCC(C)C)cccc1OC. The summed E-state index contributed by atoms with van der Waals surface area (Å²) in [6.07, 6.45) is 1.06. The zero-order valence-corrected chi connectivity index (χ0v) is 14.6. The quantitative estimate of drug-likeness (QED) is 0.627. The first-order valence-electron chi connectivity index (χ1n) is 7.76. The molecule has 1 N–H and O–H groups in total. The lowest BCUT2D eigenvalue weighted by Gasteiger charge is -2.16. The molecule has 1 rings (SSSR count). The van der Waals surface area contributed by atoms with Crippen molar-refractivity contribution in [2.45, 2.75) is 33.7 Å². The summed E-state index contributed by atoms with van der Waals surface area (Å²) in [5, 5.41) is 3.46. The highest BCUT2D eigenvalue weighted by atomic mass is 32.2. The number of benzene rings is 1. The Hall–Kier alpha value is -0.870. The van der Waals surface area contributed by atoms with E-state index >= 15 is 0 Å². The molecule has 0 saturated carbocycles. The zero-order valence-electron chi connectivity index (χ0n) is 13.8. The van der Waals surface area contributed by atoms with Gasteiger partial charge in [-0.3, -0.25) is 0 Å². The highest BCUT2D eigenvalue weighted by Crippen LogP contribution is 2.31. The summed E-state index contributed by atoms with van der Waals surface area (Å²) in [5.74, 6) is 4.66. The molecule has 0 aliphatic heterocycles. The highest BCUT2D eigenvalue weighted by Gasteiger charge is 2.10. The van der Waals surface area contributed by atoms with E-state index in [4.69, 9.17) is 9.47 Å². The number of hydrogen-bond donors (Lipinski definition) is 1. The molecule has 0 radical (unpaired) electrons. The van der Waals surface area contributed by atoms with Crippen LogP contribution in [0, 0.1) is 5.92 Å². The minimum Gasteiger partial charge on any atom is -0.493 e. The largest absolute Gasteiger partial charge is 0.493 e. The predicted molar refractivity (Wildman–Crippen MR) is 92.6 cm³/mol. The maximum absolute atomic E-state index is 5.98. The molecule has 4 heteroatoms. The van der Waals surface area contributed by atoms with E-state index in [1.54, 1.807) is 7.11 Å². The summed E-state index contributed by atoms with van der Waals surface area (Å²) in [6, 6.07) is 6.08. The second-order valence-corrected chi connectivity index (χ2v) is 6.77. The first kappa shape index (κ1) is 18.2. The van der Waals surface area contributed by atoms with Crippen LogP contribution in [-0.4, -0.2) is 31.8 Å². The van der Waals surface area contributed by atoms with Gasteiger partial charge in [0, 0.05) is 12.1 Å². The second kappa shape index (κ2) is 10.8. The summed E-state index contributed by atoms with van der Waals surface area (Å²) in [4.78, 5) is 0. The molecular formula is C17H29NO2S. The molecule has 1 aromatic rings. The van der Waals surface area contributed by atoms with E-state index in [1.807, 2.05) is 23.9 Å². The molecule has 0 amide bonds. The maximum Gasteiger partial charge on any atom is 0.165 e. The Labute approximate surface area is 133 Å². The number of hydrogen-bond acceptors (Lipinski definition) is 4. The summed E-state index contributed by atoms with van der Waals surface area (Å²) in [7, 11) is 1.69. The third kappa shape index (κ3) is 7.09. The van der Waals surface area contributed by atoms with E-state index in [2.05, 4.69) is 32.2 Å². The molecule has 0 unspecified atom stereocenters. The Morgan fingerprint density at radius 1 is 1.29 bits per heavy atom. The van der Waals surface area contributed by atoms with E-state index in [0.29, 0.717) is 5.92 Å². The fourth-order valence-corrected chi connectivity index (χ4v) is 2.61. The van der Waals surface area contributed by atoms with E-state index < -0.39 is 0 Å². The predicted octanol–water partition coefficient (Wildman–Crippen LogP) is 3.96. The number of thioether (sulfide) groups is 1. The third-order valence-corrected chi connectivity index (χ3v) is 4.02. The van der Waals surface area contributed by atoms with Crippen LogP contribution in [0.2, 0.25) is 0 Å². The molecule has 120 valence electrons. The molecule has 1 aromatic carbocycles. The first-order chi connectivity index (χ1) is 10.2. The van der Waals surface area contributed by atoms with Crippen molar-refractivity contribution in [2.24, 2.45) is 5.92 Å². The molecule has 0 aliphatic carbocycles. The molecule has 0 fully saturated rings. The van der Waals surface area contributed by atoms with Gasteiger partial charge < -0.3 is 14.8 Å². The van der Waals surface area contributed by atoms with Crippen molar-refractivity contribution >= 4 is 11.8 Å². The number of ether oxygens (including phenoxy) is 2. The Morgan fingerprint density at radius 2 is 2.10 bits per heavy atom. The van der Waals surface area contributed by atoms with E-state index in [-0.39, 0.29) is 0 Å². The average Bonchev–Trinajstić information content (AvgIpc) is 2.47. The van der Waals surface area contributed by atoms with Gasteiger partial charge in [-0.25, -0.2) is 0 Å². The molecule has 0 aliphatic rings. The Bertz CT molecular complexity index is 396. The van der Waals surface area contributed by atoms with Crippen LogP contribution < -0.4 is 14.8 Å². The van der Waals surface area contributed by atoms with Crippen molar-refractivity contribution in [2.75, 3.05) is 31.8 Å². The first-order valence-corrected chi connectivity index (χ1v) is 8.91. The van der Waals surface area contributed by atoms with Gasteiger partial charge in [0.25, 0.3) is 0 Å². The minimum atomic E-state index is 0.644. The summed E-state index contributed by atoms with van der Waals surface area (Å²) in [5.41, 5.74) is 1.16. The van der Waals surface area contributed by atoms with Crippen molar-refractivity contribution in [1.82, 2.24) is 5.32 Å². The Kier molecular flexibility index (Phi) is 9.35. The van der Waals surface area contributed by atoms with Gasteiger partial charge in [0.1, 0.15) is 0 Å². The minimum absolute atomic E-state index is 0.644. The van der Waals surface area contributed by atoms with Crippen LogP contribution in [0.15, 0.2) is 18.2 Å². The van der Waals surface area contributed by atoms with Gasteiger partial charge in [-0.15, -0.1) is 0 Å². The lowest BCUT2D eigenvalue weighted by Crippen LogP contribution is -2.19. The fraction of sp³-hybridized carbons (Fsp3) is 0.647. The average molecular weight is 311 g/mol. The molecule has 21 heavy (non-hydrogen) atoms. The van der Waals surface area contributed by atoms with E-state index in [0.717, 1.165) is 48.9 Å². The molecule has 3 nitrogen and oxygen atoms in total. The van der Waals surface area contributed by atoms with Gasteiger partial charge in [-0.1, -0.05) is 32.9 Å². The van der Waals surface area contributed by atoms with Crippen LogP contribution in [0.1, 0.15) is 32.8 Å². The highest BCUT2D eigenvalue weighted by molar-refractivity contribution is 7.99. The number of rotatable bonds is 11. The van der Waals surface area contributed by atoms with Crippen LogP contribution in [0.3, 0.4) is 0 Å². The van der Waals surface area contributed by atoms with Crippen LogP contribution in [0.25, 0.3) is 0 Å². The number of para-hydroxylation sites is 1. The van der Waals surface area contributed by atoms with Gasteiger partial charge in [0.05, 0.1) is 13.7 Å². The van der Waals surface area contributed by atoms with Crippen molar-refractivity contribution < 1.29 is 9.47 Å². The number of nitrogens with one attached hydrogen (secondary N) is 1. The van der Waals surface area contributed by atoms with Crippen LogP contribution in [0.4, 0.5) is 0 Å². The lowest BCUT2D eigenvalue weighted by atomic mass is 10.1. The summed E-state index contributed by atoms with van der Waals surface area (Å²) < 4.78 is 11.4.